The van der Waals surface area contributed by atoms with Crippen LogP contribution in [0.1, 0.15) is 30.6 Å². The molecule has 0 saturated carbocycles. The number of benzene rings is 1. The molecule has 94 valence electrons. The van der Waals surface area contributed by atoms with Gasteiger partial charge in [-0.05, 0) is 18.1 Å². The Bertz CT molecular complexity index is 560. The Hall–Kier alpha value is -1.74. The highest BCUT2D eigenvalue weighted by atomic mass is 16.1. The lowest BCUT2D eigenvalue weighted by Gasteiger charge is -2.17. The number of rotatable bonds is 4. The summed E-state index contributed by atoms with van der Waals surface area (Å²) in [4.78, 5) is 16.7. The SMILES string of the molecule is CCC(C)C(N)C(=O)c1cccc2ncccc12. The van der Waals surface area contributed by atoms with Gasteiger partial charge in [-0.2, -0.15) is 0 Å². The minimum Gasteiger partial charge on any atom is -0.321 e. The summed E-state index contributed by atoms with van der Waals surface area (Å²) in [5.74, 6) is 0.187. The van der Waals surface area contributed by atoms with Gasteiger partial charge >= 0.3 is 0 Å². The number of nitrogens with two attached hydrogens (primary N) is 1. The molecule has 2 atom stereocenters. The second kappa shape index (κ2) is 5.27. The first-order valence-electron chi connectivity index (χ1n) is 6.28. The van der Waals surface area contributed by atoms with Crippen LogP contribution in [0, 0.1) is 5.92 Å². The maximum atomic E-state index is 12.4. The maximum Gasteiger partial charge on any atom is 0.180 e. The zero-order valence-corrected chi connectivity index (χ0v) is 10.8. The van der Waals surface area contributed by atoms with Gasteiger partial charge < -0.3 is 5.73 Å². The fraction of sp³-hybridized carbons (Fsp3) is 0.333. The summed E-state index contributed by atoms with van der Waals surface area (Å²) in [6.45, 7) is 4.05. The third-order valence-corrected chi connectivity index (χ3v) is 3.47. The molecule has 2 aromatic rings. The van der Waals surface area contributed by atoms with Crippen LogP contribution in [0.2, 0.25) is 0 Å². The van der Waals surface area contributed by atoms with Crippen molar-refractivity contribution in [2.75, 3.05) is 0 Å². The van der Waals surface area contributed by atoms with Gasteiger partial charge in [0.25, 0.3) is 0 Å². The van der Waals surface area contributed by atoms with Crippen LogP contribution in [0.25, 0.3) is 10.9 Å². The highest BCUT2D eigenvalue weighted by Crippen LogP contribution is 2.20. The summed E-state index contributed by atoms with van der Waals surface area (Å²) in [5.41, 5.74) is 7.53. The number of carbonyl (C=O) groups is 1. The van der Waals surface area contributed by atoms with E-state index < -0.39 is 6.04 Å². The molecule has 2 rings (SSSR count). The first kappa shape index (κ1) is 12.7. The van der Waals surface area contributed by atoms with Crippen LogP contribution in [0.15, 0.2) is 36.5 Å². The van der Waals surface area contributed by atoms with Crippen molar-refractivity contribution in [2.45, 2.75) is 26.3 Å². The number of ketones is 1. The molecule has 2 unspecified atom stereocenters. The number of hydrogen-bond donors (Lipinski definition) is 1. The molecule has 0 aliphatic carbocycles. The van der Waals surface area contributed by atoms with Crippen molar-refractivity contribution >= 4 is 16.7 Å². The number of Topliss-reactive ketones (excluding diaryl/α,β-unsaturated/α-hetero) is 1. The molecule has 0 aliphatic heterocycles. The Kier molecular flexibility index (Phi) is 3.72. The van der Waals surface area contributed by atoms with Gasteiger partial charge in [-0.15, -0.1) is 0 Å². The van der Waals surface area contributed by atoms with Crippen molar-refractivity contribution in [3.05, 3.63) is 42.1 Å². The molecule has 0 amide bonds. The summed E-state index contributed by atoms with van der Waals surface area (Å²) >= 11 is 0. The zero-order chi connectivity index (χ0) is 13.1. The van der Waals surface area contributed by atoms with E-state index >= 15 is 0 Å². The normalized spacial score (nSPS) is 14.4. The third-order valence-electron chi connectivity index (χ3n) is 3.47. The van der Waals surface area contributed by atoms with Crippen molar-refractivity contribution in [1.29, 1.82) is 0 Å². The van der Waals surface area contributed by atoms with E-state index in [-0.39, 0.29) is 11.7 Å². The van der Waals surface area contributed by atoms with Crippen LogP contribution in [-0.4, -0.2) is 16.8 Å². The predicted octanol–water partition coefficient (Wildman–Crippen LogP) is 2.79. The average molecular weight is 242 g/mol. The smallest absolute Gasteiger partial charge is 0.180 e. The Morgan fingerprint density at radius 2 is 2.11 bits per heavy atom. The molecular formula is C15H18N2O. The van der Waals surface area contributed by atoms with Gasteiger partial charge in [-0.25, -0.2) is 0 Å². The van der Waals surface area contributed by atoms with E-state index in [9.17, 15) is 4.79 Å². The van der Waals surface area contributed by atoms with Gasteiger partial charge in [0.2, 0.25) is 0 Å². The highest BCUT2D eigenvalue weighted by molar-refractivity contribution is 6.09. The second-order valence-electron chi connectivity index (χ2n) is 4.65. The van der Waals surface area contributed by atoms with E-state index in [0.29, 0.717) is 5.56 Å². The fourth-order valence-electron chi connectivity index (χ4n) is 2.01. The lowest BCUT2D eigenvalue weighted by Crippen LogP contribution is -2.36. The molecule has 1 aromatic carbocycles. The number of hydrogen-bond acceptors (Lipinski definition) is 3. The molecule has 0 spiro atoms. The summed E-state index contributed by atoms with van der Waals surface area (Å²) in [5, 5.41) is 0.878. The third kappa shape index (κ3) is 2.27. The Labute approximate surface area is 107 Å². The molecule has 1 aromatic heterocycles. The number of nitrogens with zero attached hydrogens (tertiary/aromatic N) is 1. The minimum absolute atomic E-state index is 0.00273. The van der Waals surface area contributed by atoms with Crippen molar-refractivity contribution in [2.24, 2.45) is 11.7 Å². The first-order chi connectivity index (χ1) is 8.65. The van der Waals surface area contributed by atoms with Crippen LogP contribution in [0.4, 0.5) is 0 Å². The van der Waals surface area contributed by atoms with E-state index in [1.165, 1.54) is 0 Å². The molecule has 2 N–H and O–H groups in total. The number of pyridine rings is 1. The van der Waals surface area contributed by atoms with Gasteiger partial charge in [0.15, 0.2) is 5.78 Å². The number of fused-ring (bicyclic) bond motifs is 1. The van der Waals surface area contributed by atoms with Crippen LogP contribution in [0.3, 0.4) is 0 Å². The molecule has 1 heterocycles. The predicted molar refractivity (Wildman–Crippen MR) is 73.5 cm³/mol. The topological polar surface area (TPSA) is 56.0 Å². The van der Waals surface area contributed by atoms with E-state index in [1.807, 2.05) is 44.2 Å². The largest absolute Gasteiger partial charge is 0.321 e. The Morgan fingerprint density at radius 3 is 2.83 bits per heavy atom. The molecular weight excluding hydrogens is 224 g/mol. The van der Waals surface area contributed by atoms with Crippen LogP contribution in [0.5, 0.6) is 0 Å². The van der Waals surface area contributed by atoms with Gasteiger partial charge in [0, 0.05) is 17.1 Å². The molecule has 0 bridgehead atoms. The average Bonchev–Trinajstić information content (AvgIpc) is 2.44. The zero-order valence-electron chi connectivity index (χ0n) is 10.8. The van der Waals surface area contributed by atoms with Crippen molar-refractivity contribution in [3.8, 4) is 0 Å². The highest BCUT2D eigenvalue weighted by Gasteiger charge is 2.22. The van der Waals surface area contributed by atoms with Crippen molar-refractivity contribution in [1.82, 2.24) is 4.98 Å². The van der Waals surface area contributed by atoms with Gasteiger partial charge in [-0.3, -0.25) is 9.78 Å². The summed E-state index contributed by atoms with van der Waals surface area (Å²) < 4.78 is 0. The summed E-state index contributed by atoms with van der Waals surface area (Å²) in [7, 11) is 0. The molecule has 3 nitrogen and oxygen atoms in total. The van der Waals surface area contributed by atoms with Gasteiger partial charge in [-0.1, -0.05) is 38.5 Å². The molecule has 0 saturated heterocycles. The van der Waals surface area contributed by atoms with Crippen molar-refractivity contribution < 1.29 is 4.79 Å². The van der Waals surface area contributed by atoms with Gasteiger partial charge in [0.1, 0.15) is 0 Å². The van der Waals surface area contributed by atoms with E-state index in [1.54, 1.807) is 6.20 Å². The van der Waals surface area contributed by atoms with Crippen LogP contribution in [-0.2, 0) is 0 Å². The Balaban J connectivity index is 2.45. The van der Waals surface area contributed by atoms with E-state index in [2.05, 4.69) is 4.98 Å². The molecule has 0 fully saturated rings. The number of carbonyl (C=O) groups excluding carboxylic acids is 1. The lowest BCUT2D eigenvalue weighted by atomic mass is 9.91. The molecule has 3 heteroatoms. The van der Waals surface area contributed by atoms with Crippen LogP contribution < -0.4 is 5.73 Å². The maximum absolute atomic E-state index is 12.4. The molecule has 0 radical (unpaired) electrons. The number of aromatic nitrogens is 1. The second-order valence-corrected chi connectivity index (χ2v) is 4.65. The Morgan fingerprint density at radius 1 is 1.33 bits per heavy atom. The lowest BCUT2D eigenvalue weighted by molar-refractivity contribution is 0.0936. The quantitative estimate of drug-likeness (QED) is 0.839. The van der Waals surface area contributed by atoms with E-state index in [0.717, 1.165) is 17.3 Å². The summed E-state index contributed by atoms with van der Waals surface area (Å²) in [6, 6.07) is 8.90. The minimum atomic E-state index is -0.444. The monoisotopic (exact) mass is 242 g/mol. The molecule has 18 heavy (non-hydrogen) atoms. The molecule has 0 aliphatic rings. The van der Waals surface area contributed by atoms with Crippen molar-refractivity contribution in [3.63, 3.8) is 0 Å². The standard InChI is InChI=1S/C15H18N2O/c1-3-10(2)14(16)15(18)12-6-4-8-13-11(12)7-5-9-17-13/h4-10,14H,3,16H2,1-2H3. The first-order valence-corrected chi connectivity index (χ1v) is 6.28. The van der Waals surface area contributed by atoms with Gasteiger partial charge in [0.05, 0.1) is 11.6 Å². The summed E-state index contributed by atoms with van der Waals surface area (Å²) in [6.07, 6.45) is 2.63. The van der Waals surface area contributed by atoms with Crippen LogP contribution >= 0.6 is 0 Å². The van der Waals surface area contributed by atoms with E-state index in [4.69, 9.17) is 5.73 Å². The fourth-order valence-corrected chi connectivity index (χ4v) is 2.01.